The minimum atomic E-state index is 0.528. The summed E-state index contributed by atoms with van der Waals surface area (Å²) >= 11 is 3.53. The lowest BCUT2D eigenvalue weighted by Crippen LogP contribution is -2.33. The van der Waals surface area contributed by atoms with E-state index in [0.29, 0.717) is 12.0 Å². The van der Waals surface area contributed by atoms with Crippen LogP contribution in [0, 0.1) is 5.92 Å². The molecule has 0 spiro atoms. The first kappa shape index (κ1) is 14.5. The molecular weight excluding hydrogens is 278 g/mol. The number of halogens is 1. The normalized spacial score (nSPS) is 14.4. The Morgan fingerprint density at radius 3 is 2.59 bits per heavy atom. The van der Waals surface area contributed by atoms with Gasteiger partial charge in [-0.05, 0) is 53.0 Å². The number of likely N-dealkylation sites (N-methyl/N-ethyl adjacent to an activating group) is 1. The van der Waals surface area contributed by atoms with Crippen molar-refractivity contribution in [2.75, 3.05) is 14.2 Å². The Bertz CT molecular complexity index is 354. The quantitative estimate of drug-likeness (QED) is 0.866. The fraction of sp³-hybridized carbons (Fsp3) is 0.571. The van der Waals surface area contributed by atoms with Gasteiger partial charge in [0, 0.05) is 6.04 Å². The van der Waals surface area contributed by atoms with Gasteiger partial charge in [0.25, 0.3) is 0 Å². The molecule has 0 aliphatic heterocycles. The van der Waals surface area contributed by atoms with Crippen LogP contribution in [0.4, 0.5) is 0 Å². The minimum absolute atomic E-state index is 0.528. The topological polar surface area (TPSA) is 21.3 Å². The van der Waals surface area contributed by atoms with E-state index in [4.69, 9.17) is 4.74 Å². The summed E-state index contributed by atoms with van der Waals surface area (Å²) < 4.78 is 6.26. The molecule has 0 aliphatic carbocycles. The van der Waals surface area contributed by atoms with Crippen molar-refractivity contribution in [1.82, 2.24) is 5.32 Å². The van der Waals surface area contributed by atoms with E-state index in [2.05, 4.69) is 47.2 Å². The Hall–Kier alpha value is -0.540. The summed E-state index contributed by atoms with van der Waals surface area (Å²) in [5.74, 6) is 1.57. The van der Waals surface area contributed by atoms with Crippen LogP contribution in [0.5, 0.6) is 5.75 Å². The second-order valence-corrected chi connectivity index (χ2v) is 5.31. The molecule has 0 bridgehead atoms. The van der Waals surface area contributed by atoms with Crippen molar-refractivity contribution in [1.29, 1.82) is 0 Å². The lowest BCUT2D eigenvalue weighted by molar-refractivity contribution is 0.385. The van der Waals surface area contributed by atoms with Crippen molar-refractivity contribution in [3.8, 4) is 5.75 Å². The van der Waals surface area contributed by atoms with E-state index in [1.807, 2.05) is 13.1 Å². The van der Waals surface area contributed by atoms with Crippen LogP contribution in [-0.4, -0.2) is 20.2 Å². The summed E-state index contributed by atoms with van der Waals surface area (Å²) in [6, 6.07) is 6.82. The predicted octanol–water partition coefficient (Wildman–Crippen LogP) is 3.63. The molecule has 1 aromatic rings. The molecule has 96 valence electrons. The summed E-state index contributed by atoms with van der Waals surface area (Å²) in [6.45, 7) is 4.53. The van der Waals surface area contributed by atoms with E-state index in [1.165, 1.54) is 12.0 Å². The molecule has 0 aromatic heterocycles. The highest BCUT2D eigenvalue weighted by Crippen LogP contribution is 2.26. The molecule has 0 saturated carbocycles. The first-order valence-electron chi connectivity index (χ1n) is 6.12. The molecule has 0 saturated heterocycles. The molecule has 0 fully saturated rings. The highest BCUT2D eigenvalue weighted by atomic mass is 79.9. The van der Waals surface area contributed by atoms with Crippen molar-refractivity contribution in [2.24, 2.45) is 5.92 Å². The van der Waals surface area contributed by atoms with Gasteiger partial charge in [-0.1, -0.05) is 26.3 Å². The highest BCUT2D eigenvalue weighted by Gasteiger charge is 2.14. The fourth-order valence-corrected chi connectivity index (χ4v) is 2.55. The van der Waals surface area contributed by atoms with E-state index in [-0.39, 0.29) is 0 Å². The van der Waals surface area contributed by atoms with Crippen molar-refractivity contribution < 1.29 is 4.74 Å². The molecule has 17 heavy (non-hydrogen) atoms. The van der Waals surface area contributed by atoms with E-state index >= 15 is 0 Å². The van der Waals surface area contributed by atoms with Crippen LogP contribution in [0.3, 0.4) is 0 Å². The number of rotatable bonds is 6. The number of nitrogens with one attached hydrogen (secondary N) is 1. The van der Waals surface area contributed by atoms with Gasteiger partial charge in [0.15, 0.2) is 0 Å². The van der Waals surface area contributed by atoms with Crippen LogP contribution in [0.1, 0.15) is 25.8 Å². The largest absolute Gasteiger partial charge is 0.496 e. The van der Waals surface area contributed by atoms with E-state index in [9.17, 15) is 0 Å². The van der Waals surface area contributed by atoms with Crippen LogP contribution < -0.4 is 10.1 Å². The van der Waals surface area contributed by atoms with Crippen molar-refractivity contribution in [3.63, 3.8) is 0 Å². The molecule has 0 aliphatic rings. The van der Waals surface area contributed by atoms with Gasteiger partial charge in [0.2, 0.25) is 0 Å². The first-order valence-corrected chi connectivity index (χ1v) is 6.91. The van der Waals surface area contributed by atoms with Gasteiger partial charge in [-0.25, -0.2) is 0 Å². The molecule has 2 atom stereocenters. The smallest absolute Gasteiger partial charge is 0.133 e. The van der Waals surface area contributed by atoms with Gasteiger partial charge < -0.3 is 10.1 Å². The summed E-state index contributed by atoms with van der Waals surface area (Å²) in [5, 5.41) is 3.40. The number of methoxy groups -OCH3 is 1. The number of hydrogen-bond donors (Lipinski definition) is 1. The van der Waals surface area contributed by atoms with Gasteiger partial charge >= 0.3 is 0 Å². The molecule has 3 heteroatoms. The lowest BCUT2D eigenvalue weighted by atomic mass is 9.93. The standard InChI is InChI=1S/C14H22BrNO/c1-5-10(2)13(16-3)9-11-6-7-14(17-4)12(15)8-11/h6-8,10,13,16H,5,9H2,1-4H3. The third-order valence-corrected chi connectivity index (χ3v) is 3.99. The molecule has 0 amide bonds. The van der Waals surface area contributed by atoms with Gasteiger partial charge in [0.05, 0.1) is 11.6 Å². The number of benzene rings is 1. The summed E-state index contributed by atoms with van der Waals surface area (Å²) in [4.78, 5) is 0. The third-order valence-electron chi connectivity index (χ3n) is 3.37. The molecule has 1 N–H and O–H groups in total. The Morgan fingerprint density at radius 2 is 2.12 bits per heavy atom. The zero-order valence-electron chi connectivity index (χ0n) is 11.1. The lowest BCUT2D eigenvalue weighted by Gasteiger charge is -2.22. The van der Waals surface area contributed by atoms with Crippen LogP contribution in [0.2, 0.25) is 0 Å². The molecule has 1 aromatic carbocycles. The first-order chi connectivity index (χ1) is 8.12. The second kappa shape index (κ2) is 7.02. The van der Waals surface area contributed by atoms with Crippen LogP contribution >= 0.6 is 15.9 Å². The van der Waals surface area contributed by atoms with E-state index in [0.717, 1.165) is 16.6 Å². The maximum Gasteiger partial charge on any atom is 0.133 e. The van der Waals surface area contributed by atoms with Gasteiger partial charge in [-0.15, -0.1) is 0 Å². The maximum atomic E-state index is 5.24. The Labute approximate surface area is 113 Å². The Kier molecular flexibility index (Phi) is 6.00. The maximum absolute atomic E-state index is 5.24. The summed E-state index contributed by atoms with van der Waals surface area (Å²) in [6.07, 6.45) is 2.25. The van der Waals surface area contributed by atoms with Crippen LogP contribution in [0.25, 0.3) is 0 Å². The third kappa shape index (κ3) is 4.00. The van der Waals surface area contributed by atoms with Gasteiger partial charge in [-0.3, -0.25) is 0 Å². The zero-order valence-corrected chi connectivity index (χ0v) is 12.7. The van der Waals surface area contributed by atoms with Crippen molar-refractivity contribution >= 4 is 15.9 Å². The second-order valence-electron chi connectivity index (χ2n) is 4.45. The molecule has 1 rings (SSSR count). The molecular formula is C14H22BrNO. The van der Waals surface area contributed by atoms with Crippen LogP contribution in [0.15, 0.2) is 22.7 Å². The average molecular weight is 300 g/mol. The Balaban J connectivity index is 2.76. The highest BCUT2D eigenvalue weighted by molar-refractivity contribution is 9.10. The van der Waals surface area contributed by atoms with Crippen LogP contribution in [-0.2, 0) is 6.42 Å². The monoisotopic (exact) mass is 299 g/mol. The predicted molar refractivity (Wildman–Crippen MR) is 76.7 cm³/mol. The summed E-state index contributed by atoms with van der Waals surface area (Å²) in [7, 11) is 3.73. The molecule has 0 heterocycles. The zero-order chi connectivity index (χ0) is 12.8. The van der Waals surface area contributed by atoms with Gasteiger partial charge in [-0.2, -0.15) is 0 Å². The van der Waals surface area contributed by atoms with E-state index < -0.39 is 0 Å². The van der Waals surface area contributed by atoms with E-state index in [1.54, 1.807) is 7.11 Å². The van der Waals surface area contributed by atoms with Crippen molar-refractivity contribution in [2.45, 2.75) is 32.7 Å². The number of ether oxygens (including phenoxy) is 1. The minimum Gasteiger partial charge on any atom is -0.496 e. The molecule has 0 radical (unpaired) electrons. The molecule has 2 unspecified atom stereocenters. The summed E-state index contributed by atoms with van der Waals surface area (Å²) in [5.41, 5.74) is 1.33. The van der Waals surface area contributed by atoms with Crippen molar-refractivity contribution in [3.05, 3.63) is 28.2 Å². The fourth-order valence-electron chi connectivity index (χ4n) is 1.96. The average Bonchev–Trinajstić information content (AvgIpc) is 2.35. The number of hydrogen-bond acceptors (Lipinski definition) is 2. The molecule has 2 nitrogen and oxygen atoms in total. The van der Waals surface area contributed by atoms with Gasteiger partial charge in [0.1, 0.15) is 5.75 Å². The Morgan fingerprint density at radius 1 is 1.41 bits per heavy atom. The SMILES string of the molecule is CCC(C)C(Cc1ccc(OC)c(Br)c1)NC.